The fourth-order valence-electron chi connectivity index (χ4n) is 2.14. The van der Waals surface area contributed by atoms with Crippen molar-refractivity contribution in [1.82, 2.24) is 0 Å². The molecule has 0 unspecified atom stereocenters. The van der Waals surface area contributed by atoms with E-state index in [1.807, 2.05) is 24.3 Å². The maximum absolute atomic E-state index is 5.71. The first kappa shape index (κ1) is 20.8. The van der Waals surface area contributed by atoms with Crippen molar-refractivity contribution >= 4 is 11.5 Å². The highest BCUT2D eigenvalue weighted by atomic mass is 16.5. The molecule has 4 heteroatoms. The highest BCUT2D eigenvalue weighted by Gasteiger charge is 2.05. The van der Waals surface area contributed by atoms with Crippen LogP contribution in [0.2, 0.25) is 0 Å². The number of hydrogen-bond donors (Lipinski definition) is 0. The molecule has 0 aliphatic rings. The molecule has 1 aromatic rings. The SMILES string of the molecule is C=COCCCCOC(=C)c1cccc(C(=C)OCCCCOC)c1. The van der Waals surface area contributed by atoms with Crippen molar-refractivity contribution in [2.45, 2.75) is 25.7 Å². The summed E-state index contributed by atoms with van der Waals surface area (Å²) < 4.78 is 21.5. The first-order valence-electron chi connectivity index (χ1n) is 8.64. The first-order valence-corrected chi connectivity index (χ1v) is 8.64. The number of methoxy groups -OCH3 is 1. The van der Waals surface area contributed by atoms with Crippen LogP contribution < -0.4 is 0 Å². The second kappa shape index (κ2) is 13.1. The van der Waals surface area contributed by atoms with E-state index >= 15 is 0 Å². The third-order valence-electron chi connectivity index (χ3n) is 3.58. The molecule has 0 spiro atoms. The average molecular weight is 346 g/mol. The summed E-state index contributed by atoms with van der Waals surface area (Å²) in [4.78, 5) is 0. The van der Waals surface area contributed by atoms with Gasteiger partial charge < -0.3 is 18.9 Å². The van der Waals surface area contributed by atoms with Gasteiger partial charge >= 0.3 is 0 Å². The van der Waals surface area contributed by atoms with Crippen molar-refractivity contribution in [2.24, 2.45) is 0 Å². The van der Waals surface area contributed by atoms with Gasteiger partial charge in [-0.3, -0.25) is 0 Å². The monoisotopic (exact) mass is 346 g/mol. The molecule has 0 radical (unpaired) electrons. The van der Waals surface area contributed by atoms with Crippen LogP contribution in [0.1, 0.15) is 36.8 Å². The Bertz CT molecular complexity index is 536. The van der Waals surface area contributed by atoms with Crippen LogP contribution in [-0.2, 0) is 18.9 Å². The zero-order valence-corrected chi connectivity index (χ0v) is 15.3. The van der Waals surface area contributed by atoms with E-state index in [9.17, 15) is 0 Å². The van der Waals surface area contributed by atoms with Gasteiger partial charge in [0.05, 0.1) is 26.1 Å². The van der Waals surface area contributed by atoms with Crippen molar-refractivity contribution in [3.8, 4) is 0 Å². The van der Waals surface area contributed by atoms with Crippen LogP contribution in [-0.4, -0.2) is 33.5 Å². The fourth-order valence-corrected chi connectivity index (χ4v) is 2.14. The Labute approximate surface area is 151 Å². The quantitative estimate of drug-likeness (QED) is 0.330. The molecule has 0 aromatic heterocycles. The molecule has 0 atom stereocenters. The lowest BCUT2D eigenvalue weighted by molar-refractivity contribution is 0.180. The Morgan fingerprint density at radius 3 is 1.92 bits per heavy atom. The molecule has 0 heterocycles. The maximum Gasteiger partial charge on any atom is 0.119 e. The van der Waals surface area contributed by atoms with Crippen molar-refractivity contribution in [3.63, 3.8) is 0 Å². The molecule has 1 aromatic carbocycles. The van der Waals surface area contributed by atoms with Gasteiger partial charge in [0.25, 0.3) is 0 Å². The van der Waals surface area contributed by atoms with Gasteiger partial charge in [-0.15, -0.1) is 0 Å². The minimum atomic E-state index is 0.612. The predicted octanol–water partition coefficient (Wildman–Crippen LogP) is 5.03. The molecular formula is C21H30O4. The van der Waals surface area contributed by atoms with E-state index in [1.165, 1.54) is 6.26 Å². The van der Waals surface area contributed by atoms with Gasteiger partial charge in [-0.25, -0.2) is 0 Å². The van der Waals surface area contributed by atoms with Gasteiger partial charge in [-0.05, 0) is 31.7 Å². The molecule has 138 valence electrons. The van der Waals surface area contributed by atoms with E-state index in [-0.39, 0.29) is 0 Å². The zero-order valence-electron chi connectivity index (χ0n) is 15.3. The van der Waals surface area contributed by atoms with E-state index in [0.717, 1.165) is 43.4 Å². The predicted molar refractivity (Wildman–Crippen MR) is 103 cm³/mol. The van der Waals surface area contributed by atoms with Crippen LogP contribution in [0, 0.1) is 0 Å². The Kier molecular flexibility index (Phi) is 10.9. The van der Waals surface area contributed by atoms with Crippen LogP contribution in [0.5, 0.6) is 0 Å². The molecule has 0 aliphatic heterocycles. The summed E-state index contributed by atoms with van der Waals surface area (Å²) in [5.74, 6) is 1.31. The van der Waals surface area contributed by atoms with Gasteiger partial charge in [-0.2, -0.15) is 0 Å². The Balaban J connectivity index is 2.38. The number of rotatable bonds is 15. The van der Waals surface area contributed by atoms with Gasteiger partial charge in [0.1, 0.15) is 11.5 Å². The van der Waals surface area contributed by atoms with E-state index in [4.69, 9.17) is 18.9 Å². The van der Waals surface area contributed by atoms with Crippen LogP contribution in [0.25, 0.3) is 11.5 Å². The number of hydrogen-bond acceptors (Lipinski definition) is 4. The van der Waals surface area contributed by atoms with Crippen molar-refractivity contribution < 1.29 is 18.9 Å². The zero-order chi connectivity index (χ0) is 18.3. The Morgan fingerprint density at radius 1 is 0.880 bits per heavy atom. The normalized spacial score (nSPS) is 10.1. The number of unbranched alkanes of at least 4 members (excludes halogenated alkanes) is 2. The highest BCUT2D eigenvalue weighted by molar-refractivity contribution is 5.65. The third kappa shape index (κ3) is 9.01. The fraction of sp³-hybridized carbons (Fsp3) is 0.429. The summed E-state index contributed by atoms with van der Waals surface area (Å²) in [5, 5.41) is 0. The standard InChI is InChI=1S/C21H30O4/c1-5-23-14-7-9-16-25-19(3)21-12-10-11-20(17-21)18(2)24-15-8-6-13-22-4/h5,10-12,17H,1-3,6-9,13-16H2,4H3. The molecular weight excluding hydrogens is 316 g/mol. The lowest BCUT2D eigenvalue weighted by Gasteiger charge is -2.13. The lowest BCUT2D eigenvalue weighted by atomic mass is 10.1. The van der Waals surface area contributed by atoms with Crippen LogP contribution >= 0.6 is 0 Å². The minimum absolute atomic E-state index is 0.612. The van der Waals surface area contributed by atoms with Crippen LogP contribution in [0.3, 0.4) is 0 Å². The van der Waals surface area contributed by atoms with Crippen molar-refractivity contribution in [2.75, 3.05) is 33.5 Å². The van der Waals surface area contributed by atoms with Gasteiger partial charge in [0.2, 0.25) is 0 Å². The third-order valence-corrected chi connectivity index (χ3v) is 3.58. The highest BCUT2D eigenvalue weighted by Crippen LogP contribution is 2.21. The van der Waals surface area contributed by atoms with Crippen LogP contribution in [0.15, 0.2) is 50.3 Å². The summed E-state index contributed by atoms with van der Waals surface area (Å²) in [7, 11) is 1.70. The van der Waals surface area contributed by atoms with Crippen molar-refractivity contribution in [3.05, 3.63) is 61.4 Å². The molecule has 25 heavy (non-hydrogen) atoms. The summed E-state index contributed by atoms with van der Waals surface area (Å²) in [6, 6.07) is 7.89. The van der Waals surface area contributed by atoms with Gasteiger partial charge in [0.15, 0.2) is 0 Å². The molecule has 4 nitrogen and oxygen atoms in total. The average Bonchev–Trinajstić information content (AvgIpc) is 2.64. The van der Waals surface area contributed by atoms with Gasteiger partial charge in [0, 0.05) is 24.8 Å². The van der Waals surface area contributed by atoms with Gasteiger partial charge in [-0.1, -0.05) is 37.9 Å². The molecule has 0 fully saturated rings. The summed E-state index contributed by atoms with van der Waals surface area (Å²) in [6.07, 6.45) is 5.21. The molecule has 0 saturated carbocycles. The molecule has 1 rings (SSSR count). The summed E-state index contributed by atoms with van der Waals surface area (Å²) in [6.45, 7) is 14.2. The van der Waals surface area contributed by atoms with E-state index < -0.39 is 0 Å². The Morgan fingerprint density at radius 2 is 1.40 bits per heavy atom. The summed E-state index contributed by atoms with van der Waals surface area (Å²) >= 11 is 0. The van der Waals surface area contributed by atoms with E-state index in [1.54, 1.807) is 7.11 Å². The lowest BCUT2D eigenvalue weighted by Crippen LogP contribution is -1.99. The maximum atomic E-state index is 5.71. The first-order chi connectivity index (χ1) is 12.2. The van der Waals surface area contributed by atoms with E-state index in [2.05, 4.69) is 19.7 Å². The largest absolute Gasteiger partial charge is 0.502 e. The molecule has 0 saturated heterocycles. The summed E-state index contributed by atoms with van der Waals surface area (Å²) in [5.41, 5.74) is 1.87. The molecule has 0 N–H and O–H groups in total. The van der Waals surface area contributed by atoms with E-state index in [0.29, 0.717) is 31.3 Å². The second-order valence-corrected chi connectivity index (χ2v) is 5.57. The second-order valence-electron chi connectivity index (χ2n) is 5.57. The number of ether oxygens (including phenoxy) is 4. The minimum Gasteiger partial charge on any atom is -0.502 e. The number of benzene rings is 1. The van der Waals surface area contributed by atoms with Crippen molar-refractivity contribution in [1.29, 1.82) is 0 Å². The molecule has 0 bridgehead atoms. The topological polar surface area (TPSA) is 36.9 Å². The Hall–Kier alpha value is -2.20. The molecule has 0 amide bonds. The smallest absolute Gasteiger partial charge is 0.119 e. The molecule has 0 aliphatic carbocycles. The van der Waals surface area contributed by atoms with Crippen LogP contribution in [0.4, 0.5) is 0 Å².